The molecule has 3 nitrogen and oxygen atoms in total. The first-order valence-corrected chi connectivity index (χ1v) is 8.20. The van der Waals surface area contributed by atoms with E-state index in [4.69, 9.17) is 0 Å². The van der Waals surface area contributed by atoms with Gasteiger partial charge in [0.15, 0.2) is 0 Å². The molecule has 0 bridgehead atoms. The van der Waals surface area contributed by atoms with Crippen molar-refractivity contribution in [3.63, 3.8) is 0 Å². The minimum atomic E-state index is 0.452. The van der Waals surface area contributed by atoms with Crippen molar-refractivity contribution in [2.24, 2.45) is 5.92 Å². The van der Waals surface area contributed by atoms with Gasteiger partial charge in [-0.05, 0) is 72.1 Å². The van der Waals surface area contributed by atoms with Crippen LogP contribution < -0.4 is 5.32 Å². The van der Waals surface area contributed by atoms with E-state index in [2.05, 4.69) is 43.1 Å². The van der Waals surface area contributed by atoms with E-state index >= 15 is 0 Å². The van der Waals surface area contributed by atoms with Crippen molar-refractivity contribution in [1.29, 1.82) is 0 Å². The second-order valence-electron chi connectivity index (χ2n) is 6.94. The lowest BCUT2D eigenvalue weighted by atomic mass is 9.75. The summed E-state index contributed by atoms with van der Waals surface area (Å²) in [4.78, 5) is 5.05. The number of rotatable bonds is 6. The molecule has 0 radical (unpaired) electrons. The van der Waals surface area contributed by atoms with E-state index in [1.807, 2.05) is 0 Å². The fourth-order valence-corrected chi connectivity index (χ4v) is 3.67. The SMILES string of the molecule is CCN1CCCC(C(C)NCC2(N(C)C)CCC2)C1. The third-order valence-electron chi connectivity index (χ3n) is 5.68. The predicted molar refractivity (Wildman–Crippen MR) is 82.6 cm³/mol. The normalized spacial score (nSPS) is 29.2. The summed E-state index contributed by atoms with van der Waals surface area (Å²) in [5, 5.41) is 3.85. The van der Waals surface area contributed by atoms with Gasteiger partial charge in [-0.25, -0.2) is 0 Å². The number of hydrogen-bond acceptors (Lipinski definition) is 3. The standard InChI is InChI=1S/C16H33N3/c1-5-19-11-6-8-15(12-19)14(2)17-13-16(18(3)4)9-7-10-16/h14-15,17H,5-13H2,1-4H3. The third-order valence-corrected chi connectivity index (χ3v) is 5.68. The van der Waals surface area contributed by atoms with Crippen LogP contribution in [0.25, 0.3) is 0 Å². The Morgan fingerprint density at radius 3 is 2.58 bits per heavy atom. The molecule has 1 heterocycles. The van der Waals surface area contributed by atoms with Gasteiger partial charge in [0.1, 0.15) is 0 Å². The second kappa shape index (κ2) is 6.55. The van der Waals surface area contributed by atoms with E-state index in [9.17, 15) is 0 Å². The Balaban J connectivity index is 1.79. The molecule has 2 fully saturated rings. The minimum absolute atomic E-state index is 0.452. The highest BCUT2D eigenvalue weighted by molar-refractivity contribution is 4.98. The molecule has 0 amide bonds. The lowest BCUT2D eigenvalue weighted by Crippen LogP contribution is -2.58. The van der Waals surface area contributed by atoms with Crippen molar-refractivity contribution >= 4 is 0 Å². The van der Waals surface area contributed by atoms with Crippen molar-refractivity contribution in [2.75, 3.05) is 40.3 Å². The van der Waals surface area contributed by atoms with Crippen LogP contribution in [0.4, 0.5) is 0 Å². The molecule has 2 aliphatic rings. The summed E-state index contributed by atoms with van der Waals surface area (Å²) in [7, 11) is 4.48. The molecular formula is C16H33N3. The Bertz CT molecular complexity index is 273. The lowest BCUT2D eigenvalue weighted by molar-refractivity contribution is 0.0521. The average molecular weight is 267 g/mol. The summed E-state index contributed by atoms with van der Waals surface area (Å²) in [6.07, 6.45) is 6.92. The van der Waals surface area contributed by atoms with Crippen molar-refractivity contribution in [1.82, 2.24) is 15.1 Å². The maximum atomic E-state index is 3.85. The minimum Gasteiger partial charge on any atom is -0.312 e. The number of nitrogens with one attached hydrogen (secondary N) is 1. The van der Waals surface area contributed by atoms with Crippen molar-refractivity contribution < 1.29 is 0 Å². The topological polar surface area (TPSA) is 18.5 Å². The molecule has 1 aliphatic carbocycles. The quantitative estimate of drug-likeness (QED) is 0.796. The van der Waals surface area contributed by atoms with Gasteiger partial charge in [-0.1, -0.05) is 6.92 Å². The molecule has 3 heteroatoms. The predicted octanol–water partition coefficient (Wildman–Crippen LogP) is 2.18. The van der Waals surface area contributed by atoms with E-state index in [1.54, 1.807) is 0 Å². The Morgan fingerprint density at radius 1 is 1.32 bits per heavy atom. The van der Waals surface area contributed by atoms with Gasteiger partial charge in [-0.3, -0.25) is 0 Å². The zero-order valence-electron chi connectivity index (χ0n) is 13.4. The molecule has 0 aromatic rings. The van der Waals surface area contributed by atoms with Gasteiger partial charge in [0, 0.05) is 24.7 Å². The van der Waals surface area contributed by atoms with Gasteiger partial charge < -0.3 is 15.1 Å². The Morgan fingerprint density at radius 2 is 2.05 bits per heavy atom. The van der Waals surface area contributed by atoms with Crippen LogP contribution >= 0.6 is 0 Å². The smallest absolute Gasteiger partial charge is 0.0328 e. The summed E-state index contributed by atoms with van der Waals surface area (Å²) in [6.45, 7) is 9.66. The fourth-order valence-electron chi connectivity index (χ4n) is 3.67. The number of piperidine rings is 1. The molecular weight excluding hydrogens is 234 g/mol. The number of hydrogen-bond donors (Lipinski definition) is 1. The summed E-state index contributed by atoms with van der Waals surface area (Å²) < 4.78 is 0. The van der Waals surface area contributed by atoms with Crippen LogP contribution in [0.2, 0.25) is 0 Å². The molecule has 0 aromatic heterocycles. The molecule has 0 aromatic carbocycles. The van der Waals surface area contributed by atoms with Gasteiger partial charge in [0.05, 0.1) is 0 Å². The van der Waals surface area contributed by atoms with Crippen molar-refractivity contribution in [2.45, 2.75) is 57.5 Å². The van der Waals surface area contributed by atoms with Crippen LogP contribution in [-0.2, 0) is 0 Å². The van der Waals surface area contributed by atoms with E-state index < -0.39 is 0 Å². The van der Waals surface area contributed by atoms with Crippen molar-refractivity contribution in [3.05, 3.63) is 0 Å². The van der Waals surface area contributed by atoms with E-state index in [0.29, 0.717) is 11.6 Å². The average Bonchev–Trinajstić information content (AvgIpc) is 2.37. The highest BCUT2D eigenvalue weighted by Crippen LogP contribution is 2.35. The zero-order chi connectivity index (χ0) is 13.9. The van der Waals surface area contributed by atoms with E-state index in [-0.39, 0.29) is 0 Å². The first-order valence-electron chi connectivity index (χ1n) is 8.20. The summed E-state index contributed by atoms with van der Waals surface area (Å²) >= 11 is 0. The lowest BCUT2D eigenvalue weighted by Gasteiger charge is -2.48. The summed E-state index contributed by atoms with van der Waals surface area (Å²) in [5.74, 6) is 0.841. The van der Waals surface area contributed by atoms with Crippen molar-refractivity contribution in [3.8, 4) is 0 Å². The third kappa shape index (κ3) is 3.50. The number of nitrogens with zero attached hydrogens (tertiary/aromatic N) is 2. The molecule has 2 unspecified atom stereocenters. The maximum Gasteiger partial charge on any atom is 0.0328 e. The first kappa shape index (κ1) is 15.3. The number of likely N-dealkylation sites (N-methyl/N-ethyl adjacent to an activating group) is 1. The highest BCUT2D eigenvalue weighted by Gasteiger charge is 2.39. The van der Waals surface area contributed by atoms with Crippen LogP contribution in [0.3, 0.4) is 0 Å². The molecule has 2 atom stereocenters. The fraction of sp³-hybridized carbons (Fsp3) is 1.00. The van der Waals surface area contributed by atoms with Gasteiger partial charge in [0.2, 0.25) is 0 Å². The Labute approximate surface area is 119 Å². The maximum absolute atomic E-state index is 3.85. The molecule has 1 saturated heterocycles. The van der Waals surface area contributed by atoms with Crippen LogP contribution in [0.5, 0.6) is 0 Å². The van der Waals surface area contributed by atoms with Gasteiger partial charge in [-0.15, -0.1) is 0 Å². The van der Waals surface area contributed by atoms with Gasteiger partial charge >= 0.3 is 0 Å². The molecule has 1 saturated carbocycles. The Kier molecular flexibility index (Phi) is 5.27. The zero-order valence-corrected chi connectivity index (χ0v) is 13.4. The molecule has 1 aliphatic heterocycles. The van der Waals surface area contributed by atoms with E-state index in [1.165, 1.54) is 58.3 Å². The highest BCUT2D eigenvalue weighted by atomic mass is 15.2. The molecule has 1 N–H and O–H groups in total. The molecule has 112 valence electrons. The second-order valence-corrected chi connectivity index (χ2v) is 6.94. The summed E-state index contributed by atoms with van der Waals surface area (Å²) in [6, 6.07) is 0.659. The monoisotopic (exact) mass is 267 g/mol. The molecule has 2 rings (SSSR count). The molecule has 0 spiro atoms. The van der Waals surface area contributed by atoms with Crippen LogP contribution in [0.15, 0.2) is 0 Å². The molecule has 19 heavy (non-hydrogen) atoms. The van der Waals surface area contributed by atoms with Crippen LogP contribution in [-0.4, -0.2) is 61.7 Å². The first-order chi connectivity index (χ1) is 9.07. The van der Waals surface area contributed by atoms with Crippen LogP contribution in [0, 0.1) is 5.92 Å². The largest absolute Gasteiger partial charge is 0.312 e. The van der Waals surface area contributed by atoms with Crippen LogP contribution in [0.1, 0.15) is 46.0 Å². The van der Waals surface area contributed by atoms with Gasteiger partial charge in [0.25, 0.3) is 0 Å². The summed E-state index contributed by atoms with van der Waals surface area (Å²) in [5.41, 5.74) is 0.452. The Hall–Kier alpha value is -0.120. The number of likely N-dealkylation sites (tertiary alicyclic amines) is 1. The van der Waals surface area contributed by atoms with Gasteiger partial charge in [-0.2, -0.15) is 0 Å². The van der Waals surface area contributed by atoms with E-state index in [0.717, 1.165) is 5.92 Å².